The van der Waals surface area contributed by atoms with Gasteiger partial charge in [0.25, 0.3) is 5.69 Å². The Kier molecular flexibility index (Phi) is 11.3. The molecular formula is C31H34Cl2N4O7S. The van der Waals surface area contributed by atoms with Gasteiger partial charge in [0, 0.05) is 46.7 Å². The lowest BCUT2D eigenvalue weighted by Gasteiger charge is -2.34. The van der Waals surface area contributed by atoms with Gasteiger partial charge in [0.2, 0.25) is 21.8 Å². The zero-order valence-corrected chi connectivity index (χ0v) is 27.1. The minimum absolute atomic E-state index is 0.000615. The maximum Gasteiger partial charge on any atom is 0.271 e. The Balaban J connectivity index is 1.81. The van der Waals surface area contributed by atoms with Crippen molar-refractivity contribution >= 4 is 56.4 Å². The Labute approximate surface area is 272 Å². The number of nitro benzene ring substituents is 1. The number of rotatable bonds is 13. The van der Waals surface area contributed by atoms with Crippen LogP contribution in [0.4, 0.5) is 11.4 Å². The van der Waals surface area contributed by atoms with E-state index in [1.807, 2.05) is 30.3 Å². The van der Waals surface area contributed by atoms with Crippen LogP contribution in [0.3, 0.4) is 0 Å². The highest BCUT2D eigenvalue weighted by molar-refractivity contribution is 7.92. The van der Waals surface area contributed by atoms with E-state index in [0.717, 1.165) is 47.9 Å². The number of nitrogens with zero attached hydrogens (tertiary/aromatic N) is 3. The van der Waals surface area contributed by atoms with Crippen LogP contribution in [0, 0.1) is 10.1 Å². The van der Waals surface area contributed by atoms with Crippen LogP contribution in [0.15, 0.2) is 66.7 Å². The highest BCUT2D eigenvalue weighted by Crippen LogP contribution is 2.34. The largest absolute Gasteiger partial charge is 0.495 e. The van der Waals surface area contributed by atoms with Gasteiger partial charge in [-0.3, -0.25) is 24.0 Å². The summed E-state index contributed by atoms with van der Waals surface area (Å²) < 4.78 is 32.3. The van der Waals surface area contributed by atoms with E-state index < -0.39 is 45.0 Å². The van der Waals surface area contributed by atoms with E-state index >= 15 is 0 Å². The van der Waals surface area contributed by atoms with E-state index in [1.165, 1.54) is 24.1 Å². The lowest BCUT2D eigenvalue weighted by Crippen LogP contribution is -2.54. The second-order valence-corrected chi connectivity index (χ2v) is 13.5. The first-order valence-electron chi connectivity index (χ1n) is 14.3. The first-order valence-corrected chi connectivity index (χ1v) is 16.9. The summed E-state index contributed by atoms with van der Waals surface area (Å²) >= 11 is 13.0. The Morgan fingerprint density at radius 3 is 2.27 bits per heavy atom. The van der Waals surface area contributed by atoms with Gasteiger partial charge in [-0.15, -0.1) is 0 Å². The summed E-state index contributed by atoms with van der Waals surface area (Å²) in [7, 11) is -2.92. The summed E-state index contributed by atoms with van der Waals surface area (Å²) in [5.74, 6) is -1.16. The molecule has 45 heavy (non-hydrogen) atoms. The maximum absolute atomic E-state index is 14.4. The number of sulfonamides is 1. The van der Waals surface area contributed by atoms with Crippen LogP contribution < -0.4 is 14.4 Å². The van der Waals surface area contributed by atoms with Crippen LogP contribution >= 0.6 is 23.2 Å². The SMILES string of the molecule is COc1ccc([N+](=O)[O-])cc1N(CC(=O)N(Cc1c(Cl)cccc1Cl)C(Cc1ccccc1)C(=O)NC1CCCC1)S(C)(=O)=O. The van der Waals surface area contributed by atoms with Gasteiger partial charge in [0.1, 0.15) is 24.0 Å². The number of methoxy groups -OCH3 is 1. The molecule has 0 spiro atoms. The van der Waals surface area contributed by atoms with Crippen LogP contribution in [0.5, 0.6) is 5.75 Å². The van der Waals surface area contributed by atoms with Gasteiger partial charge in [0.15, 0.2) is 0 Å². The standard InChI is InChI=1S/C31H34Cl2N4O7S/c1-44-29-16-15-23(37(40)41)18-27(29)36(45(2,42)43)20-30(38)35(19-24-25(32)13-8-14-26(24)33)28(17-21-9-4-3-5-10-21)31(39)34-22-11-6-7-12-22/h3-5,8-10,13-16,18,22,28H,6-7,11-12,17,19-20H2,1-2H3,(H,34,39). The molecule has 1 unspecified atom stereocenters. The number of benzene rings is 3. The quantitative estimate of drug-likeness (QED) is 0.190. The summed E-state index contributed by atoms with van der Waals surface area (Å²) in [5, 5.41) is 15.2. The summed E-state index contributed by atoms with van der Waals surface area (Å²) in [5.41, 5.74) is 0.546. The zero-order chi connectivity index (χ0) is 32.7. The van der Waals surface area contributed by atoms with Crippen molar-refractivity contribution < 1.29 is 27.7 Å². The van der Waals surface area contributed by atoms with Gasteiger partial charge in [-0.05, 0) is 36.6 Å². The smallest absolute Gasteiger partial charge is 0.271 e. The predicted molar refractivity (Wildman–Crippen MR) is 173 cm³/mol. The topological polar surface area (TPSA) is 139 Å². The first kappa shape index (κ1) is 34.0. The third-order valence-electron chi connectivity index (χ3n) is 7.68. The molecule has 4 rings (SSSR count). The van der Waals surface area contributed by atoms with Crippen LogP contribution in [-0.4, -0.2) is 62.0 Å². The lowest BCUT2D eigenvalue weighted by atomic mass is 10.0. The molecule has 1 atom stereocenters. The molecule has 3 aromatic rings. The number of anilines is 1. The molecule has 1 aliphatic carbocycles. The second-order valence-electron chi connectivity index (χ2n) is 10.8. The van der Waals surface area contributed by atoms with Gasteiger partial charge in [-0.2, -0.15) is 0 Å². The minimum Gasteiger partial charge on any atom is -0.495 e. The molecule has 14 heteroatoms. The van der Waals surface area contributed by atoms with Gasteiger partial charge in [-0.25, -0.2) is 8.42 Å². The van der Waals surface area contributed by atoms with Gasteiger partial charge in [0.05, 0.1) is 18.3 Å². The number of nitrogens with one attached hydrogen (secondary N) is 1. The highest BCUT2D eigenvalue weighted by Gasteiger charge is 2.36. The van der Waals surface area contributed by atoms with Crippen molar-refractivity contribution in [3.05, 3.63) is 98.0 Å². The monoisotopic (exact) mass is 676 g/mol. The molecule has 1 saturated carbocycles. The van der Waals surface area contributed by atoms with Gasteiger partial charge in [-0.1, -0.05) is 72.4 Å². The van der Waals surface area contributed by atoms with Gasteiger partial charge < -0.3 is 15.0 Å². The summed E-state index contributed by atoms with van der Waals surface area (Å²) in [4.78, 5) is 40.5. The Morgan fingerprint density at radius 2 is 1.69 bits per heavy atom. The van der Waals surface area contributed by atoms with Crippen LogP contribution in [-0.2, 0) is 32.6 Å². The summed E-state index contributed by atoms with van der Waals surface area (Å²) in [6, 6.07) is 16.3. The fraction of sp³-hybridized carbons (Fsp3) is 0.355. The third kappa shape index (κ3) is 8.65. The molecule has 11 nitrogen and oxygen atoms in total. The molecule has 0 saturated heterocycles. The number of carbonyl (C=O) groups is 2. The number of hydrogen-bond acceptors (Lipinski definition) is 7. The van der Waals surface area contributed by atoms with Crippen molar-refractivity contribution in [1.82, 2.24) is 10.2 Å². The number of non-ortho nitro benzene ring substituents is 1. The highest BCUT2D eigenvalue weighted by atomic mass is 35.5. The summed E-state index contributed by atoms with van der Waals surface area (Å²) in [6.45, 7) is -1.00. The van der Waals surface area contributed by atoms with Crippen LogP contribution in [0.1, 0.15) is 36.8 Å². The van der Waals surface area contributed by atoms with Crippen molar-refractivity contribution in [2.45, 2.75) is 50.7 Å². The number of hydrogen-bond donors (Lipinski definition) is 1. The predicted octanol–water partition coefficient (Wildman–Crippen LogP) is 5.38. The minimum atomic E-state index is -4.20. The molecule has 2 amide bonds. The number of carbonyl (C=O) groups excluding carboxylic acids is 2. The first-order chi connectivity index (χ1) is 21.4. The number of amides is 2. The van der Waals surface area contributed by atoms with E-state index in [4.69, 9.17) is 27.9 Å². The third-order valence-corrected chi connectivity index (χ3v) is 9.52. The van der Waals surface area contributed by atoms with E-state index in [-0.39, 0.29) is 40.5 Å². The van der Waals surface area contributed by atoms with E-state index in [1.54, 1.807) is 18.2 Å². The van der Waals surface area contributed by atoms with E-state index in [9.17, 15) is 28.1 Å². The Bertz CT molecular complexity index is 1630. The van der Waals surface area contributed by atoms with E-state index in [2.05, 4.69) is 5.32 Å². The zero-order valence-electron chi connectivity index (χ0n) is 24.8. The molecule has 3 aromatic carbocycles. The average molecular weight is 678 g/mol. The molecule has 1 N–H and O–H groups in total. The van der Waals surface area contributed by atoms with Gasteiger partial charge >= 0.3 is 0 Å². The van der Waals surface area contributed by atoms with Crippen molar-refractivity contribution in [3.63, 3.8) is 0 Å². The van der Waals surface area contributed by atoms with Crippen LogP contribution in [0.2, 0.25) is 10.0 Å². The molecule has 0 aliphatic heterocycles. The Morgan fingerprint density at radius 1 is 1.04 bits per heavy atom. The van der Waals surface area contributed by atoms with E-state index in [0.29, 0.717) is 5.56 Å². The molecule has 0 heterocycles. The maximum atomic E-state index is 14.4. The normalized spacial score (nSPS) is 14.0. The lowest BCUT2D eigenvalue weighted by molar-refractivity contribution is -0.384. The van der Waals surface area contributed by atoms with Crippen molar-refractivity contribution in [2.75, 3.05) is 24.2 Å². The summed E-state index contributed by atoms with van der Waals surface area (Å²) in [6.07, 6.45) is 4.56. The van der Waals surface area contributed by atoms with Crippen molar-refractivity contribution in [2.24, 2.45) is 0 Å². The fourth-order valence-electron chi connectivity index (χ4n) is 5.36. The number of nitro groups is 1. The number of halogens is 2. The molecule has 1 fully saturated rings. The number of ether oxygens (including phenoxy) is 1. The fourth-order valence-corrected chi connectivity index (χ4v) is 6.72. The Hall–Kier alpha value is -3.87. The second kappa shape index (κ2) is 14.9. The molecule has 0 radical (unpaired) electrons. The average Bonchev–Trinajstić information content (AvgIpc) is 3.51. The van der Waals surface area contributed by atoms with Crippen molar-refractivity contribution in [3.8, 4) is 5.75 Å². The molecule has 0 aromatic heterocycles. The van der Waals surface area contributed by atoms with Crippen molar-refractivity contribution in [1.29, 1.82) is 0 Å². The van der Waals surface area contributed by atoms with Crippen LogP contribution in [0.25, 0.3) is 0 Å². The molecule has 0 bridgehead atoms. The molecular weight excluding hydrogens is 643 g/mol. The molecule has 240 valence electrons. The molecule has 1 aliphatic rings.